The molecule has 6 heteroatoms. The fourth-order valence-electron chi connectivity index (χ4n) is 3.28. The van der Waals surface area contributed by atoms with Crippen LogP contribution in [0.2, 0.25) is 0 Å². The average molecular weight is 362 g/mol. The van der Waals surface area contributed by atoms with Gasteiger partial charge in [-0.1, -0.05) is 48.5 Å². The summed E-state index contributed by atoms with van der Waals surface area (Å²) in [6.45, 7) is 2.89. The predicted octanol–water partition coefficient (Wildman–Crippen LogP) is 2.82. The zero-order valence-corrected chi connectivity index (χ0v) is 15.1. The van der Waals surface area contributed by atoms with Gasteiger partial charge in [-0.25, -0.2) is 0 Å². The molecular formula is C21H22N4O2. The third-order valence-electron chi connectivity index (χ3n) is 4.81. The van der Waals surface area contributed by atoms with Crippen molar-refractivity contribution in [3.8, 4) is 0 Å². The highest BCUT2D eigenvalue weighted by atomic mass is 16.4. The lowest BCUT2D eigenvalue weighted by atomic mass is 10.1. The van der Waals surface area contributed by atoms with Crippen molar-refractivity contribution in [1.82, 2.24) is 15.1 Å². The van der Waals surface area contributed by atoms with E-state index < -0.39 is 0 Å². The molecule has 0 spiro atoms. The van der Waals surface area contributed by atoms with Gasteiger partial charge in [-0.2, -0.15) is 0 Å². The van der Waals surface area contributed by atoms with Gasteiger partial charge in [0, 0.05) is 38.3 Å². The average Bonchev–Trinajstić information content (AvgIpc) is 3.22. The number of anilines is 1. The van der Waals surface area contributed by atoms with Crippen LogP contribution in [-0.2, 0) is 12.8 Å². The van der Waals surface area contributed by atoms with Crippen LogP contribution in [0.5, 0.6) is 0 Å². The number of nitrogens with zero attached hydrogens (tertiary/aromatic N) is 4. The van der Waals surface area contributed by atoms with Gasteiger partial charge in [0.2, 0.25) is 5.89 Å². The number of hydrogen-bond acceptors (Lipinski definition) is 5. The van der Waals surface area contributed by atoms with Crippen molar-refractivity contribution in [1.29, 1.82) is 0 Å². The van der Waals surface area contributed by atoms with Gasteiger partial charge in [-0.3, -0.25) is 4.79 Å². The fourth-order valence-corrected chi connectivity index (χ4v) is 3.28. The molecule has 0 bridgehead atoms. The number of carbonyl (C=O) groups excluding carboxylic acids is 1. The molecule has 1 aliphatic rings. The third-order valence-corrected chi connectivity index (χ3v) is 4.81. The topological polar surface area (TPSA) is 62.5 Å². The summed E-state index contributed by atoms with van der Waals surface area (Å²) in [5.41, 5.74) is 2.39. The molecule has 1 aliphatic heterocycles. The van der Waals surface area contributed by atoms with Gasteiger partial charge in [-0.15, -0.1) is 10.2 Å². The molecule has 0 atom stereocenters. The van der Waals surface area contributed by atoms with Crippen LogP contribution >= 0.6 is 0 Å². The highest BCUT2D eigenvalue weighted by Crippen LogP contribution is 2.17. The Morgan fingerprint density at radius 1 is 0.852 bits per heavy atom. The number of piperazine rings is 1. The van der Waals surface area contributed by atoms with Crippen LogP contribution in [-0.4, -0.2) is 47.2 Å². The maximum atomic E-state index is 12.6. The van der Waals surface area contributed by atoms with E-state index >= 15 is 0 Å². The zero-order chi connectivity index (χ0) is 18.5. The maximum absolute atomic E-state index is 12.6. The van der Waals surface area contributed by atoms with E-state index in [9.17, 15) is 4.79 Å². The lowest BCUT2D eigenvalue weighted by molar-refractivity contribution is 0.0704. The smallest absolute Gasteiger partial charge is 0.311 e. The van der Waals surface area contributed by atoms with Gasteiger partial charge in [0.05, 0.1) is 0 Å². The summed E-state index contributed by atoms with van der Waals surface area (Å²) < 4.78 is 5.60. The van der Waals surface area contributed by atoms with E-state index in [1.807, 2.05) is 36.4 Å². The second kappa shape index (κ2) is 8.03. The molecule has 1 saturated heterocycles. The molecule has 0 saturated carbocycles. The van der Waals surface area contributed by atoms with Gasteiger partial charge in [-0.05, 0) is 24.1 Å². The Bertz CT molecular complexity index is 871. The zero-order valence-electron chi connectivity index (χ0n) is 15.1. The number of amides is 1. The predicted molar refractivity (Wildman–Crippen MR) is 103 cm³/mol. The van der Waals surface area contributed by atoms with Crippen molar-refractivity contribution in [2.75, 3.05) is 31.1 Å². The monoisotopic (exact) mass is 362 g/mol. The molecule has 4 rings (SSSR count). The summed E-state index contributed by atoms with van der Waals surface area (Å²) in [4.78, 5) is 16.7. The number of benzene rings is 2. The van der Waals surface area contributed by atoms with E-state index in [0.717, 1.165) is 19.5 Å². The normalized spacial score (nSPS) is 14.4. The highest BCUT2D eigenvalue weighted by Gasteiger charge is 2.26. The van der Waals surface area contributed by atoms with Crippen LogP contribution < -0.4 is 4.90 Å². The van der Waals surface area contributed by atoms with Crippen LogP contribution in [0.15, 0.2) is 65.1 Å². The first-order chi connectivity index (χ1) is 13.3. The second-order valence-corrected chi connectivity index (χ2v) is 6.60. The minimum absolute atomic E-state index is 0.0891. The summed E-state index contributed by atoms with van der Waals surface area (Å²) in [7, 11) is 0. The molecule has 0 N–H and O–H groups in total. The second-order valence-electron chi connectivity index (χ2n) is 6.60. The SMILES string of the molecule is O=C(c1nnc(CCc2ccccc2)o1)N1CCN(c2ccccc2)CC1. The molecule has 27 heavy (non-hydrogen) atoms. The number of carbonyl (C=O) groups is 1. The van der Waals surface area contributed by atoms with Gasteiger partial charge in [0.25, 0.3) is 0 Å². The summed E-state index contributed by atoms with van der Waals surface area (Å²) in [6.07, 6.45) is 1.44. The van der Waals surface area contributed by atoms with Gasteiger partial charge in [0.15, 0.2) is 0 Å². The van der Waals surface area contributed by atoms with Crippen molar-refractivity contribution >= 4 is 11.6 Å². The Balaban J connectivity index is 1.32. The molecule has 1 aromatic heterocycles. The minimum atomic E-state index is -0.179. The number of para-hydroxylation sites is 1. The van der Waals surface area contributed by atoms with Crippen molar-refractivity contribution in [3.63, 3.8) is 0 Å². The van der Waals surface area contributed by atoms with E-state index in [2.05, 4.69) is 39.4 Å². The fraction of sp³-hybridized carbons (Fsp3) is 0.286. The molecule has 1 amide bonds. The first kappa shape index (κ1) is 17.3. The van der Waals surface area contributed by atoms with Crippen molar-refractivity contribution in [3.05, 3.63) is 78.0 Å². The maximum Gasteiger partial charge on any atom is 0.311 e. The van der Waals surface area contributed by atoms with E-state index in [0.29, 0.717) is 25.4 Å². The Morgan fingerprint density at radius 3 is 2.22 bits per heavy atom. The third kappa shape index (κ3) is 4.16. The molecule has 2 heterocycles. The van der Waals surface area contributed by atoms with E-state index in [1.54, 1.807) is 4.90 Å². The summed E-state index contributed by atoms with van der Waals surface area (Å²) in [5.74, 6) is 0.414. The van der Waals surface area contributed by atoms with Crippen molar-refractivity contribution in [2.24, 2.45) is 0 Å². The lowest BCUT2D eigenvalue weighted by Gasteiger charge is -2.35. The van der Waals surface area contributed by atoms with Gasteiger partial charge in [0.1, 0.15) is 0 Å². The lowest BCUT2D eigenvalue weighted by Crippen LogP contribution is -2.48. The first-order valence-corrected chi connectivity index (χ1v) is 9.25. The van der Waals surface area contributed by atoms with Crippen molar-refractivity contribution < 1.29 is 9.21 Å². The number of aryl methyl sites for hydroxylation is 2. The highest BCUT2D eigenvalue weighted by molar-refractivity contribution is 5.89. The quantitative estimate of drug-likeness (QED) is 0.698. The molecule has 0 radical (unpaired) electrons. The molecule has 138 valence electrons. The van der Waals surface area contributed by atoms with E-state index in [-0.39, 0.29) is 11.8 Å². The van der Waals surface area contributed by atoms with Crippen LogP contribution in [0.4, 0.5) is 5.69 Å². The van der Waals surface area contributed by atoms with Crippen LogP contribution in [0, 0.1) is 0 Å². The molecule has 6 nitrogen and oxygen atoms in total. The number of hydrogen-bond donors (Lipinski definition) is 0. The summed E-state index contributed by atoms with van der Waals surface area (Å²) in [6, 6.07) is 20.4. The molecular weight excluding hydrogens is 340 g/mol. The largest absolute Gasteiger partial charge is 0.417 e. The standard InChI is InChI=1S/C21H22N4O2/c26-21(25-15-13-24(14-16-25)18-9-5-2-6-10-18)20-23-22-19(27-20)12-11-17-7-3-1-4-8-17/h1-10H,11-16H2. The van der Waals surface area contributed by atoms with E-state index in [4.69, 9.17) is 4.42 Å². The van der Waals surface area contributed by atoms with E-state index in [1.165, 1.54) is 11.3 Å². The molecule has 3 aromatic rings. The Kier molecular flexibility index (Phi) is 5.14. The Morgan fingerprint density at radius 2 is 1.52 bits per heavy atom. The van der Waals surface area contributed by atoms with Gasteiger partial charge < -0.3 is 14.2 Å². The van der Waals surface area contributed by atoms with Gasteiger partial charge >= 0.3 is 11.8 Å². The minimum Gasteiger partial charge on any atom is -0.417 e. The molecule has 0 aliphatic carbocycles. The number of aromatic nitrogens is 2. The summed E-state index contributed by atoms with van der Waals surface area (Å²) >= 11 is 0. The Labute approximate surface area is 158 Å². The first-order valence-electron chi connectivity index (χ1n) is 9.25. The van der Waals surface area contributed by atoms with Crippen molar-refractivity contribution in [2.45, 2.75) is 12.8 Å². The summed E-state index contributed by atoms with van der Waals surface area (Å²) in [5, 5.41) is 7.99. The molecule has 2 aromatic carbocycles. The van der Waals surface area contributed by atoms with Crippen LogP contribution in [0.3, 0.4) is 0 Å². The molecule has 0 unspecified atom stereocenters. The van der Waals surface area contributed by atoms with Crippen LogP contribution in [0.25, 0.3) is 0 Å². The van der Waals surface area contributed by atoms with Crippen LogP contribution in [0.1, 0.15) is 22.1 Å². The number of rotatable bonds is 5. The Hall–Kier alpha value is -3.15. The molecule has 1 fully saturated rings.